The largest absolute Gasteiger partial charge is 0.383 e. The molecule has 0 aromatic carbocycles. The lowest BCUT2D eigenvalue weighted by Crippen LogP contribution is -2.47. The predicted molar refractivity (Wildman–Crippen MR) is 73.2 cm³/mol. The Morgan fingerprint density at radius 3 is 2.53 bits per heavy atom. The average Bonchev–Trinajstić information content (AvgIpc) is 3.13. The highest BCUT2D eigenvalue weighted by atomic mass is 32.1. The zero-order valence-electron chi connectivity index (χ0n) is 11.1. The molecular formula is C12H24N2O2S. The van der Waals surface area contributed by atoms with Crippen molar-refractivity contribution >= 4 is 17.3 Å². The minimum absolute atomic E-state index is 0.507. The molecule has 0 radical (unpaired) electrons. The summed E-state index contributed by atoms with van der Waals surface area (Å²) in [6.45, 7) is 5.25. The van der Waals surface area contributed by atoms with Crippen molar-refractivity contribution in [1.82, 2.24) is 10.2 Å². The topological polar surface area (TPSA) is 33.7 Å². The Kier molecular flexibility index (Phi) is 6.77. The van der Waals surface area contributed by atoms with Gasteiger partial charge in [0.2, 0.25) is 0 Å². The van der Waals surface area contributed by atoms with E-state index in [0.29, 0.717) is 19.3 Å². The van der Waals surface area contributed by atoms with E-state index in [1.165, 1.54) is 12.8 Å². The Hall–Kier alpha value is -0.390. The summed E-state index contributed by atoms with van der Waals surface area (Å²) in [5.74, 6) is 0.800. The number of rotatable bonds is 8. The van der Waals surface area contributed by atoms with Gasteiger partial charge in [0.1, 0.15) is 0 Å². The lowest BCUT2D eigenvalue weighted by atomic mass is 10.2. The molecule has 5 heteroatoms. The molecule has 0 amide bonds. The number of methoxy groups -OCH3 is 2. The van der Waals surface area contributed by atoms with Crippen LogP contribution in [0.15, 0.2) is 0 Å². The van der Waals surface area contributed by atoms with Crippen LogP contribution in [-0.4, -0.2) is 56.6 Å². The first-order valence-electron chi connectivity index (χ1n) is 6.23. The van der Waals surface area contributed by atoms with Gasteiger partial charge in [0.05, 0.1) is 13.2 Å². The van der Waals surface area contributed by atoms with Crippen LogP contribution in [-0.2, 0) is 9.47 Å². The standard InChI is InChI=1S/C12H24N2O2S/c1-10(11-4-5-11)14(7-9-16-3)12(17)13-6-8-15-2/h10-11H,4-9H2,1-3H3,(H,13,17). The summed E-state index contributed by atoms with van der Waals surface area (Å²) in [5.41, 5.74) is 0. The lowest BCUT2D eigenvalue weighted by molar-refractivity contribution is 0.157. The van der Waals surface area contributed by atoms with Crippen molar-refractivity contribution in [3.63, 3.8) is 0 Å². The van der Waals surface area contributed by atoms with Crippen molar-refractivity contribution in [2.75, 3.05) is 40.5 Å². The zero-order chi connectivity index (χ0) is 12.7. The number of nitrogens with one attached hydrogen (secondary N) is 1. The lowest BCUT2D eigenvalue weighted by Gasteiger charge is -2.31. The van der Waals surface area contributed by atoms with E-state index in [2.05, 4.69) is 17.1 Å². The van der Waals surface area contributed by atoms with E-state index < -0.39 is 0 Å². The monoisotopic (exact) mass is 260 g/mol. The van der Waals surface area contributed by atoms with Gasteiger partial charge in [0.25, 0.3) is 0 Å². The Bertz CT molecular complexity index is 235. The van der Waals surface area contributed by atoms with Gasteiger partial charge in [0.15, 0.2) is 5.11 Å². The summed E-state index contributed by atoms with van der Waals surface area (Å²) in [6.07, 6.45) is 2.65. The number of hydrogen-bond acceptors (Lipinski definition) is 3. The maximum atomic E-state index is 5.43. The highest BCUT2D eigenvalue weighted by molar-refractivity contribution is 7.80. The highest BCUT2D eigenvalue weighted by Gasteiger charge is 2.32. The van der Waals surface area contributed by atoms with E-state index in [9.17, 15) is 0 Å². The van der Waals surface area contributed by atoms with Crippen LogP contribution in [0.2, 0.25) is 0 Å². The number of ether oxygens (including phenoxy) is 2. The van der Waals surface area contributed by atoms with Crippen LogP contribution in [0.4, 0.5) is 0 Å². The second kappa shape index (κ2) is 7.84. The molecule has 1 aliphatic rings. The molecule has 0 aromatic rings. The Labute approximate surface area is 110 Å². The fourth-order valence-corrected chi connectivity index (χ4v) is 2.23. The van der Waals surface area contributed by atoms with Gasteiger partial charge in [-0.15, -0.1) is 0 Å². The van der Waals surface area contributed by atoms with E-state index in [0.717, 1.165) is 24.1 Å². The fourth-order valence-electron chi connectivity index (χ4n) is 1.87. The third kappa shape index (κ3) is 5.19. The van der Waals surface area contributed by atoms with E-state index >= 15 is 0 Å². The SMILES string of the molecule is COCCNC(=S)N(CCOC)C(C)C1CC1. The van der Waals surface area contributed by atoms with Gasteiger partial charge >= 0.3 is 0 Å². The average molecular weight is 260 g/mol. The summed E-state index contributed by atoms with van der Waals surface area (Å²) >= 11 is 5.43. The summed E-state index contributed by atoms with van der Waals surface area (Å²) in [7, 11) is 3.42. The van der Waals surface area contributed by atoms with Crippen LogP contribution < -0.4 is 5.32 Å². The van der Waals surface area contributed by atoms with Crippen molar-refractivity contribution < 1.29 is 9.47 Å². The van der Waals surface area contributed by atoms with Gasteiger partial charge in [0, 0.05) is 33.4 Å². The Morgan fingerprint density at radius 2 is 2.00 bits per heavy atom. The van der Waals surface area contributed by atoms with Crippen molar-refractivity contribution in [2.45, 2.75) is 25.8 Å². The first-order chi connectivity index (χ1) is 8.20. The summed E-state index contributed by atoms with van der Waals surface area (Å²) in [5, 5.41) is 4.05. The Morgan fingerprint density at radius 1 is 1.35 bits per heavy atom. The van der Waals surface area contributed by atoms with Gasteiger partial charge in [-0.3, -0.25) is 0 Å². The minimum Gasteiger partial charge on any atom is -0.383 e. The molecular weight excluding hydrogens is 236 g/mol. The first kappa shape index (κ1) is 14.7. The third-order valence-electron chi connectivity index (χ3n) is 3.18. The molecule has 0 saturated heterocycles. The van der Waals surface area contributed by atoms with E-state index in [1.54, 1.807) is 14.2 Å². The molecule has 0 heterocycles. The van der Waals surface area contributed by atoms with Crippen molar-refractivity contribution in [2.24, 2.45) is 5.92 Å². The van der Waals surface area contributed by atoms with E-state index in [-0.39, 0.29) is 0 Å². The molecule has 17 heavy (non-hydrogen) atoms. The molecule has 1 rings (SSSR count). The normalized spacial score (nSPS) is 16.6. The molecule has 1 unspecified atom stereocenters. The number of hydrogen-bond donors (Lipinski definition) is 1. The van der Waals surface area contributed by atoms with Crippen LogP contribution in [0.5, 0.6) is 0 Å². The van der Waals surface area contributed by atoms with Crippen molar-refractivity contribution in [1.29, 1.82) is 0 Å². The highest BCUT2D eigenvalue weighted by Crippen LogP contribution is 2.35. The van der Waals surface area contributed by atoms with E-state index in [4.69, 9.17) is 21.7 Å². The second-order valence-electron chi connectivity index (χ2n) is 4.49. The molecule has 0 spiro atoms. The summed E-state index contributed by atoms with van der Waals surface area (Å²) in [4.78, 5) is 2.24. The quantitative estimate of drug-likeness (QED) is 0.525. The Balaban J connectivity index is 2.39. The molecule has 0 bridgehead atoms. The predicted octanol–water partition coefficient (Wildman–Crippen LogP) is 1.25. The van der Waals surface area contributed by atoms with Gasteiger partial charge in [-0.2, -0.15) is 0 Å². The van der Waals surface area contributed by atoms with Crippen molar-refractivity contribution in [3.8, 4) is 0 Å². The molecule has 1 atom stereocenters. The van der Waals surface area contributed by atoms with Gasteiger partial charge in [-0.25, -0.2) is 0 Å². The number of thiocarbonyl (C=S) groups is 1. The third-order valence-corrected chi connectivity index (χ3v) is 3.55. The van der Waals surface area contributed by atoms with Crippen LogP contribution in [0, 0.1) is 5.92 Å². The molecule has 0 aromatic heterocycles. The van der Waals surface area contributed by atoms with Gasteiger partial charge < -0.3 is 19.7 Å². The second-order valence-corrected chi connectivity index (χ2v) is 4.88. The molecule has 4 nitrogen and oxygen atoms in total. The van der Waals surface area contributed by atoms with Crippen LogP contribution in [0.25, 0.3) is 0 Å². The molecule has 100 valence electrons. The minimum atomic E-state index is 0.507. The van der Waals surface area contributed by atoms with E-state index in [1.807, 2.05) is 0 Å². The molecule has 1 N–H and O–H groups in total. The van der Waals surface area contributed by atoms with Crippen molar-refractivity contribution in [3.05, 3.63) is 0 Å². The zero-order valence-corrected chi connectivity index (χ0v) is 11.9. The van der Waals surface area contributed by atoms with Crippen LogP contribution in [0.3, 0.4) is 0 Å². The molecule has 1 fully saturated rings. The number of nitrogens with zero attached hydrogens (tertiary/aromatic N) is 1. The van der Waals surface area contributed by atoms with Gasteiger partial charge in [-0.05, 0) is 37.9 Å². The van der Waals surface area contributed by atoms with Gasteiger partial charge in [-0.1, -0.05) is 0 Å². The van der Waals surface area contributed by atoms with Crippen LogP contribution in [0.1, 0.15) is 19.8 Å². The first-order valence-corrected chi connectivity index (χ1v) is 6.63. The fraction of sp³-hybridized carbons (Fsp3) is 0.917. The molecule has 1 saturated carbocycles. The molecule has 0 aliphatic heterocycles. The maximum absolute atomic E-state index is 5.43. The molecule has 1 aliphatic carbocycles. The summed E-state index contributed by atoms with van der Waals surface area (Å²) in [6, 6.07) is 0.507. The van der Waals surface area contributed by atoms with Crippen LogP contribution >= 0.6 is 12.2 Å². The smallest absolute Gasteiger partial charge is 0.169 e. The maximum Gasteiger partial charge on any atom is 0.169 e. The summed E-state index contributed by atoms with van der Waals surface area (Å²) < 4.78 is 10.2.